The van der Waals surface area contributed by atoms with Gasteiger partial charge >= 0.3 is 0 Å². The molecule has 20 heavy (non-hydrogen) atoms. The van der Waals surface area contributed by atoms with Gasteiger partial charge in [0.15, 0.2) is 4.96 Å². The third-order valence-corrected chi connectivity index (χ3v) is 4.34. The number of aromatic nitrogens is 2. The lowest BCUT2D eigenvalue weighted by atomic mass is 10.1. The molecule has 0 aliphatic carbocycles. The minimum absolute atomic E-state index is 0.844. The Hall–Kier alpha value is -1.65. The van der Waals surface area contributed by atoms with Crippen molar-refractivity contribution in [2.45, 2.75) is 33.9 Å². The van der Waals surface area contributed by atoms with Crippen molar-refractivity contribution in [1.29, 1.82) is 0 Å². The molecule has 4 heteroatoms. The van der Waals surface area contributed by atoms with Crippen LogP contribution in [0.2, 0.25) is 0 Å². The molecule has 1 N–H and O–H groups in total. The quantitative estimate of drug-likeness (QED) is 0.793. The van der Waals surface area contributed by atoms with Crippen molar-refractivity contribution in [2.24, 2.45) is 0 Å². The van der Waals surface area contributed by atoms with Gasteiger partial charge in [-0.2, -0.15) is 0 Å². The van der Waals surface area contributed by atoms with E-state index in [4.69, 9.17) is 0 Å². The van der Waals surface area contributed by atoms with Crippen LogP contribution in [0.25, 0.3) is 4.96 Å². The highest BCUT2D eigenvalue weighted by Crippen LogP contribution is 2.20. The molecule has 104 valence electrons. The highest BCUT2D eigenvalue weighted by atomic mass is 32.1. The summed E-state index contributed by atoms with van der Waals surface area (Å²) in [6, 6.07) is 8.62. The predicted molar refractivity (Wildman–Crippen MR) is 84.3 cm³/mol. The highest BCUT2D eigenvalue weighted by molar-refractivity contribution is 7.17. The maximum Gasteiger partial charge on any atom is 0.194 e. The molecule has 0 saturated heterocycles. The van der Waals surface area contributed by atoms with Crippen molar-refractivity contribution in [3.8, 4) is 0 Å². The van der Waals surface area contributed by atoms with Crippen molar-refractivity contribution in [3.05, 3.63) is 57.9 Å². The number of benzene rings is 1. The van der Waals surface area contributed by atoms with E-state index in [1.807, 2.05) is 0 Å². The molecular weight excluding hydrogens is 266 g/mol. The van der Waals surface area contributed by atoms with E-state index in [0.717, 1.165) is 23.7 Å². The van der Waals surface area contributed by atoms with Crippen molar-refractivity contribution in [2.75, 3.05) is 0 Å². The summed E-state index contributed by atoms with van der Waals surface area (Å²) < 4.78 is 2.21. The number of fused-ring (bicyclic) bond motifs is 1. The fourth-order valence-electron chi connectivity index (χ4n) is 2.47. The van der Waals surface area contributed by atoms with Crippen LogP contribution in [0, 0.1) is 20.8 Å². The number of imidazole rings is 1. The number of nitrogens with one attached hydrogen (secondary N) is 1. The summed E-state index contributed by atoms with van der Waals surface area (Å²) in [6.45, 7) is 8.06. The summed E-state index contributed by atoms with van der Waals surface area (Å²) in [6.07, 6.45) is 2.17. The second-order valence-corrected chi connectivity index (χ2v) is 6.44. The molecule has 0 aliphatic heterocycles. The molecule has 0 spiro atoms. The summed E-state index contributed by atoms with van der Waals surface area (Å²) in [5.74, 6) is 0. The Morgan fingerprint density at radius 2 is 2.05 bits per heavy atom. The average Bonchev–Trinajstić information content (AvgIpc) is 2.87. The Morgan fingerprint density at radius 1 is 1.20 bits per heavy atom. The molecule has 0 bridgehead atoms. The minimum Gasteiger partial charge on any atom is -0.307 e. The second-order valence-electron chi connectivity index (χ2n) is 5.23. The number of thiazole rings is 1. The molecule has 0 radical (unpaired) electrons. The summed E-state index contributed by atoms with van der Waals surface area (Å²) >= 11 is 1.74. The molecule has 2 heterocycles. The zero-order valence-corrected chi connectivity index (χ0v) is 12.9. The largest absolute Gasteiger partial charge is 0.307 e. The van der Waals surface area contributed by atoms with Gasteiger partial charge in [-0.15, -0.1) is 11.3 Å². The standard InChI is InChI=1S/C16H19N3S/c1-11-5-4-6-14(7-11)8-17-9-15-13(3)18-16-19(15)10-12(2)20-16/h4-7,10,17H,8-9H2,1-3H3. The third kappa shape index (κ3) is 2.62. The van der Waals surface area contributed by atoms with Crippen LogP contribution in [0.1, 0.15) is 27.4 Å². The molecule has 0 fully saturated rings. The van der Waals surface area contributed by atoms with E-state index >= 15 is 0 Å². The molecule has 1 aromatic carbocycles. The van der Waals surface area contributed by atoms with Crippen LogP contribution in [0.5, 0.6) is 0 Å². The normalized spacial score (nSPS) is 11.3. The van der Waals surface area contributed by atoms with Crippen molar-refractivity contribution in [1.82, 2.24) is 14.7 Å². The Bertz CT molecular complexity index is 739. The van der Waals surface area contributed by atoms with Gasteiger partial charge in [-0.05, 0) is 26.3 Å². The fourth-order valence-corrected chi connectivity index (χ4v) is 3.36. The monoisotopic (exact) mass is 285 g/mol. The van der Waals surface area contributed by atoms with Gasteiger partial charge in [-0.25, -0.2) is 4.98 Å². The summed E-state index contributed by atoms with van der Waals surface area (Å²) in [4.78, 5) is 7.00. The van der Waals surface area contributed by atoms with Crippen LogP contribution >= 0.6 is 11.3 Å². The van der Waals surface area contributed by atoms with Crippen LogP contribution in [-0.2, 0) is 13.1 Å². The van der Waals surface area contributed by atoms with Crippen LogP contribution < -0.4 is 5.32 Å². The van der Waals surface area contributed by atoms with Crippen LogP contribution in [-0.4, -0.2) is 9.38 Å². The number of rotatable bonds is 4. The lowest BCUT2D eigenvalue weighted by Crippen LogP contribution is -2.14. The van der Waals surface area contributed by atoms with E-state index in [9.17, 15) is 0 Å². The van der Waals surface area contributed by atoms with Crippen LogP contribution in [0.3, 0.4) is 0 Å². The molecule has 3 rings (SSSR count). The van der Waals surface area contributed by atoms with Crippen molar-refractivity contribution < 1.29 is 0 Å². The van der Waals surface area contributed by atoms with Gasteiger partial charge in [0.25, 0.3) is 0 Å². The summed E-state index contributed by atoms with van der Waals surface area (Å²) in [7, 11) is 0. The second kappa shape index (κ2) is 5.38. The Kier molecular flexibility index (Phi) is 3.59. The molecule has 3 aromatic rings. The number of hydrogen-bond acceptors (Lipinski definition) is 3. The highest BCUT2D eigenvalue weighted by Gasteiger charge is 2.10. The average molecular weight is 285 g/mol. The Labute approximate surface area is 123 Å². The number of nitrogens with zero attached hydrogens (tertiary/aromatic N) is 2. The zero-order chi connectivity index (χ0) is 14.1. The van der Waals surface area contributed by atoms with E-state index < -0.39 is 0 Å². The first-order valence-electron chi connectivity index (χ1n) is 6.84. The number of hydrogen-bond donors (Lipinski definition) is 1. The lowest BCUT2D eigenvalue weighted by Gasteiger charge is -2.06. The summed E-state index contributed by atoms with van der Waals surface area (Å²) in [5.41, 5.74) is 5.01. The van der Waals surface area contributed by atoms with Gasteiger partial charge in [-0.1, -0.05) is 29.8 Å². The van der Waals surface area contributed by atoms with E-state index in [2.05, 4.69) is 65.9 Å². The zero-order valence-electron chi connectivity index (χ0n) is 12.1. The Balaban J connectivity index is 1.72. The Morgan fingerprint density at radius 3 is 2.85 bits per heavy atom. The smallest absolute Gasteiger partial charge is 0.194 e. The predicted octanol–water partition coefficient (Wildman–Crippen LogP) is 3.61. The molecule has 2 aromatic heterocycles. The molecule has 0 atom stereocenters. The SMILES string of the molecule is Cc1cccc(CNCc2c(C)nc3sc(C)cn23)c1. The van der Waals surface area contributed by atoms with E-state index in [0.29, 0.717) is 0 Å². The van der Waals surface area contributed by atoms with Gasteiger partial charge in [0.1, 0.15) is 0 Å². The number of aryl methyl sites for hydroxylation is 3. The minimum atomic E-state index is 0.844. The molecule has 0 aliphatic rings. The molecule has 0 unspecified atom stereocenters. The first kappa shape index (κ1) is 13.3. The first-order valence-corrected chi connectivity index (χ1v) is 7.65. The van der Waals surface area contributed by atoms with E-state index in [1.165, 1.54) is 21.7 Å². The topological polar surface area (TPSA) is 29.3 Å². The van der Waals surface area contributed by atoms with Gasteiger partial charge < -0.3 is 5.32 Å². The molecule has 3 nitrogen and oxygen atoms in total. The van der Waals surface area contributed by atoms with Gasteiger partial charge in [0.2, 0.25) is 0 Å². The van der Waals surface area contributed by atoms with Crippen molar-refractivity contribution in [3.63, 3.8) is 0 Å². The maximum atomic E-state index is 4.62. The van der Waals surface area contributed by atoms with Crippen LogP contribution in [0.4, 0.5) is 0 Å². The molecule has 0 amide bonds. The first-order chi connectivity index (χ1) is 9.63. The third-order valence-electron chi connectivity index (χ3n) is 3.45. The van der Waals surface area contributed by atoms with E-state index in [-0.39, 0.29) is 0 Å². The lowest BCUT2D eigenvalue weighted by molar-refractivity contribution is 0.672. The van der Waals surface area contributed by atoms with Gasteiger partial charge in [0, 0.05) is 24.2 Å². The maximum absolute atomic E-state index is 4.62. The van der Waals surface area contributed by atoms with Crippen molar-refractivity contribution >= 4 is 16.3 Å². The van der Waals surface area contributed by atoms with Gasteiger partial charge in [0.05, 0.1) is 11.4 Å². The van der Waals surface area contributed by atoms with Gasteiger partial charge in [-0.3, -0.25) is 4.40 Å². The van der Waals surface area contributed by atoms with Crippen LogP contribution in [0.15, 0.2) is 30.5 Å². The summed E-state index contributed by atoms with van der Waals surface area (Å²) in [5, 5.41) is 3.52. The molecular formula is C16H19N3S. The molecule has 0 saturated carbocycles. The fraction of sp³-hybridized carbons (Fsp3) is 0.312. The van der Waals surface area contributed by atoms with E-state index in [1.54, 1.807) is 11.3 Å².